The highest BCUT2D eigenvalue weighted by atomic mass is 32.2. The molecule has 0 radical (unpaired) electrons. The molecule has 0 unspecified atom stereocenters. The van der Waals surface area contributed by atoms with Crippen molar-refractivity contribution in [1.82, 2.24) is 14.5 Å². The van der Waals surface area contributed by atoms with Gasteiger partial charge in [0.25, 0.3) is 0 Å². The Hall–Kier alpha value is -1.67. The standard InChI is InChI=1S/C16H19N3O3S2/c1-11-8-14(15(20)9-23-16-17-5-3-6-18-16)12(2)19(11)13-4-7-24(21,22)10-13/h3,5-6,8,13H,4,7,9-10H2,1-2H3/t13-/m1/s1. The Kier molecular flexibility index (Phi) is 4.78. The van der Waals surface area contributed by atoms with Crippen LogP contribution in [0.15, 0.2) is 29.7 Å². The number of ketones is 1. The number of thioether (sulfide) groups is 1. The van der Waals surface area contributed by atoms with Crippen LogP contribution in [0, 0.1) is 13.8 Å². The lowest BCUT2D eigenvalue weighted by atomic mass is 10.2. The normalized spacial score (nSPS) is 19.5. The fourth-order valence-electron chi connectivity index (χ4n) is 3.17. The fourth-order valence-corrected chi connectivity index (χ4v) is 5.55. The maximum atomic E-state index is 12.5. The Balaban J connectivity index is 1.77. The van der Waals surface area contributed by atoms with E-state index in [2.05, 4.69) is 9.97 Å². The molecule has 1 aliphatic rings. The van der Waals surface area contributed by atoms with Crippen LogP contribution in [0.4, 0.5) is 0 Å². The van der Waals surface area contributed by atoms with E-state index in [0.717, 1.165) is 11.4 Å². The molecule has 0 N–H and O–H groups in total. The van der Waals surface area contributed by atoms with E-state index in [4.69, 9.17) is 0 Å². The van der Waals surface area contributed by atoms with Crippen LogP contribution < -0.4 is 0 Å². The van der Waals surface area contributed by atoms with Crippen molar-refractivity contribution in [2.24, 2.45) is 0 Å². The van der Waals surface area contributed by atoms with Crippen LogP contribution in [0.1, 0.15) is 34.2 Å². The summed E-state index contributed by atoms with van der Waals surface area (Å²) >= 11 is 1.30. The minimum absolute atomic E-state index is 0.00709. The van der Waals surface area contributed by atoms with Gasteiger partial charge in [-0.15, -0.1) is 0 Å². The number of hydrogen-bond acceptors (Lipinski definition) is 6. The second-order valence-corrected chi connectivity index (χ2v) is 9.13. The van der Waals surface area contributed by atoms with Gasteiger partial charge in [-0.2, -0.15) is 0 Å². The first-order chi connectivity index (χ1) is 11.4. The van der Waals surface area contributed by atoms with Crippen LogP contribution in [-0.4, -0.2) is 46.0 Å². The predicted molar refractivity (Wildman–Crippen MR) is 93.3 cm³/mol. The molecule has 24 heavy (non-hydrogen) atoms. The third-order valence-corrected chi connectivity index (χ3v) is 6.86. The van der Waals surface area contributed by atoms with Crippen molar-refractivity contribution in [2.75, 3.05) is 17.3 Å². The van der Waals surface area contributed by atoms with Gasteiger partial charge in [0.2, 0.25) is 0 Å². The molecule has 2 aromatic rings. The van der Waals surface area contributed by atoms with Crippen LogP contribution in [0.3, 0.4) is 0 Å². The number of hydrogen-bond donors (Lipinski definition) is 0. The van der Waals surface area contributed by atoms with Crippen LogP contribution >= 0.6 is 11.8 Å². The van der Waals surface area contributed by atoms with Crippen LogP contribution in [-0.2, 0) is 9.84 Å². The molecule has 0 aliphatic carbocycles. The van der Waals surface area contributed by atoms with Crippen molar-refractivity contribution in [1.29, 1.82) is 0 Å². The first-order valence-corrected chi connectivity index (χ1v) is 10.5. The molecule has 0 amide bonds. The highest BCUT2D eigenvalue weighted by Gasteiger charge is 2.31. The van der Waals surface area contributed by atoms with E-state index in [1.54, 1.807) is 18.5 Å². The minimum atomic E-state index is -2.96. The zero-order valence-corrected chi connectivity index (χ0v) is 15.2. The van der Waals surface area contributed by atoms with E-state index in [-0.39, 0.29) is 29.1 Å². The van der Waals surface area contributed by atoms with E-state index in [0.29, 0.717) is 17.1 Å². The van der Waals surface area contributed by atoms with Crippen molar-refractivity contribution in [2.45, 2.75) is 31.5 Å². The van der Waals surface area contributed by atoms with E-state index in [1.165, 1.54) is 11.8 Å². The average molecular weight is 365 g/mol. The Morgan fingerprint density at radius 3 is 2.67 bits per heavy atom. The Morgan fingerprint density at radius 2 is 2.04 bits per heavy atom. The van der Waals surface area contributed by atoms with E-state index in [9.17, 15) is 13.2 Å². The molecule has 1 atom stereocenters. The Morgan fingerprint density at radius 1 is 1.33 bits per heavy atom. The number of carbonyl (C=O) groups excluding carboxylic acids is 1. The van der Waals surface area contributed by atoms with Crippen molar-refractivity contribution >= 4 is 27.4 Å². The lowest BCUT2D eigenvalue weighted by Gasteiger charge is -2.16. The number of rotatable bonds is 5. The monoisotopic (exact) mass is 365 g/mol. The Bertz CT molecular complexity index is 860. The number of sulfone groups is 1. The van der Waals surface area contributed by atoms with Gasteiger partial charge in [0, 0.05) is 35.4 Å². The number of carbonyl (C=O) groups is 1. The molecule has 8 heteroatoms. The largest absolute Gasteiger partial charge is 0.344 e. The molecule has 0 saturated carbocycles. The molecule has 2 aromatic heterocycles. The van der Waals surface area contributed by atoms with Crippen molar-refractivity contribution in [3.8, 4) is 0 Å². The summed E-state index contributed by atoms with van der Waals surface area (Å²) in [5, 5.41) is 0.571. The summed E-state index contributed by atoms with van der Waals surface area (Å²) in [5.41, 5.74) is 2.42. The van der Waals surface area contributed by atoms with Gasteiger partial charge >= 0.3 is 0 Å². The maximum Gasteiger partial charge on any atom is 0.187 e. The van der Waals surface area contributed by atoms with Crippen LogP contribution in [0.25, 0.3) is 0 Å². The lowest BCUT2D eigenvalue weighted by Crippen LogP contribution is -2.14. The molecule has 3 heterocycles. The molecule has 1 saturated heterocycles. The van der Waals surface area contributed by atoms with Crippen LogP contribution in [0.5, 0.6) is 0 Å². The topological polar surface area (TPSA) is 81.9 Å². The minimum Gasteiger partial charge on any atom is -0.344 e. The highest BCUT2D eigenvalue weighted by molar-refractivity contribution is 7.99. The fraction of sp³-hybridized carbons (Fsp3) is 0.438. The molecule has 3 rings (SSSR count). The maximum absolute atomic E-state index is 12.5. The Labute approximate surface area is 145 Å². The summed E-state index contributed by atoms with van der Waals surface area (Å²) in [5.74, 6) is 0.646. The van der Waals surface area contributed by atoms with E-state index in [1.807, 2.05) is 24.5 Å². The molecule has 1 fully saturated rings. The molecule has 0 aromatic carbocycles. The zero-order chi connectivity index (χ0) is 17.3. The summed E-state index contributed by atoms with van der Waals surface area (Å²) in [7, 11) is -2.96. The highest BCUT2D eigenvalue weighted by Crippen LogP contribution is 2.29. The van der Waals surface area contributed by atoms with Gasteiger partial charge < -0.3 is 4.57 Å². The molecule has 128 valence electrons. The third kappa shape index (κ3) is 3.54. The lowest BCUT2D eigenvalue weighted by molar-refractivity contribution is 0.102. The molecular formula is C16H19N3O3S2. The van der Waals surface area contributed by atoms with Crippen LogP contribution in [0.2, 0.25) is 0 Å². The summed E-state index contributed by atoms with van der Waals surface area (Å²) < 4.78 is 25.5. The summed E-state index contributed by atoms with van der Waals surface area (Å²) in [6.45, 7) is 3.80. The van der Waals surface area contributed by atoms with Gasteiger partial charge in [0.1, 0.15) is 0 Å². The second kappa shape index (κ2) is 6.68. The summed E-state index contributed by atoms with van der Waals surface area (Å²) in [6.07, 6.45) is 3.90. The SMILES string of the molecule is Cc1cc(C(=O)CSc2ncccn2)c(C)n1[C@@H]1CCS(=O)(=O)C1. The average Bonchev–Trinajstić information content (AvgIpc) is 3.05. The van der Waals surface area contributed by atoms with Crippen molar-refractivity contribution < 1.29 is 13.2 Å². The van der Waals surface area contributed by atoms with Crippen molar-refractivity contribution in [3.63, 3.8) is 0 Å². The quantitative estimate of drug-likeness (QED) is 0.459. The number of nitrogens with zero attached hydrogens (tertiary/aromatic N) is 3. The number of aryl methyl sites for hydroxylation is 1. The van der Waals surface area contributed by atoms with E-state index >= 15 is 0 Å². The van der Waals surface area contributed by atoms with Crippen molar-refractivity contribution in [3.05, 3.63) is 41.5 Å². The summed E-state index contributed by atoms with van der Waals surface area (Å²) in [4.78, 5) is 20.7. The first-order valence-electron chi connectivity index (χ1n) is 7.69. The van der Waals surface area contributed by atoms with Gasteiger partial charge in [-0.25, -0.2) is 18.4 Å². The van der Waals surface area contributed by atoms with Gasteiger partial charge in [0.05, 0.1) is 17.3 Å². The summed E-state index contributed by atoms with van der Waals surface area (Å²) in [6, 6.07) is 3.52. The molecular weight excluding hydrogens is 346 g/mol. The van der Waals surface area contributed by atoms with Gasteiger partial charge in [-0.05, 0) is 32.4 Å². The number of Topliss-reactive ketones (excluding diaryl/α,β-unsaturated/α-hetero) is 1. The molecule has 6 nitrogen and oxygen atoms in total. The second-order valence-electron chi connectivity index (χ2n) is 5.95. The van der Waals surface area contributed by atoms with Gasteiger partial charge in [0.15, 0.2) is 20.8 Å². The van der Waals surface area contributed by atoms with Gasteiger partial charge in [-0.3, -0.25) is 4.79 Å². The van der Waals surface area contributed by atoms with Gasteiger partial charge in [-0.1, -0.05) is 11.8 Å². The molecule has 0 spiro atoms. The van der Waals surface area contributed by atoms with E-state index < -0.39 is 9.84 Å². The number of aromatic nitrogens is 3. The zero-order valence-electron chi connectivity index (χ0n) is 13.6. The third-order valence-electron chi connectivity index (χ3n) is 4.23. The molecule has 1 aliphatic heterocycles. The first kappa shape index (κ1) is 17.2. The predicted octanol–water partition coefficient (Wildman–Crippen LogP) is 2.23. The smallest absolute Gasteiger partial charge is 0.187 e. The molecule has 0 bridgehead atoms.